The van der Waals surface area contributed by atoms with Crippen LogP contribution in [0.2, 0.25) is 0 Å². The van der Waals surface area contributed by atoms with Crippen molar-refractivity contribution in [2.45, 2.75) is 32.2 Å². The van der Waals surface area contributed by atoms with E-state index >= 15 is 0 Å². The van der Waals surface area contributed by atoms with Crippen LogP contribution in [0, 0.1) is 10.7 Å². The number of imidazole rings is 1. The topological polar surface area (TPSA) is 39.2 Å². The van der Waals surface area contributed by atoms with Crippen molar-refractivity contribution in [3.63, 3.8) is 0 Å². The van der Waals surface area contributed by atoms with Gasteiger partial charge in [-0.2, -0.15) is 0 Å². The molecule has 1 aliphatic carbocycles. The fourth-order valence-electron chi connectivity index (χ4n) is 3.23. The Labute approximate surface area is 123 Å². The molecule has 0 amide bonds. The number of fused-ring (bicyclic) bond motifs is 1. The lowest BCUT2D eigenvalue weighted by Crippen LogP contribution is -2.05. The van der Waals surface area contributed by atoms with E-state index in [1.54, 1.807) is 14.2 Å². The Morgan fingerprint density at radius 2 is 1.90 bits per heavy atom. The van der Waals surface area contributed by atoms with Crippen molar-refractivity contribution in [2.75, 3.05) is 14.2 Å². The Hall–Kier alpha value is -1.49. The number of aromatic amines is 1. The highest BCUT2D eigenvalue weighted by Gasteiger charge is 2.25. The van der Waals surface area contributed by atoms with Gasteiger partial charge in [-0.3, -0.25) is 0 Å². The molecule has 0 aliphatic heterocycles. The van der Waals surface area contributed by atoms with E-state index in [4.69, 9.17) is 21.7 Å². The van der Waals surface area contributed by atoms with Gasteiger partial charge in [0.05, 0.1) is 25.3 Å². The van der Waals surface area contributed by atoms with Crippen molar-refractivity contribution in [3.8, 4) is 11.5 Å². The summed E-state index contributed by atoms with van der Waals surface area (Å²) in [4.78, 5) is 3.29. The van der Waals surface area contributed by atoms with Crippen LogP contribution in [0.25, 0.3) is 11.0 Å². The van der Waals surface area contributed by atoms with E-state index < -0.39 is 0 Å². The maximum absolute atomic E-state index is 5.51. The van der Waals surface area contributed by atoms with Crippen molar-refractivity contribution in [2.24, 2.45) is 5.92 Å². The first-order valence-electron chi connectivity index (χ1n) is 7.00. The average molecular weight is 292 g/mol. The molecule has 0 radical (unpaired) electrons. The van der Waals surface area contributed by atoms with Crippen molar-refractivity contribution >= 4 is 23.3 Å². The molecular formula is C15H20N2O2S. The van der Waals surface area contributed by atoms with Crippen LogP contribution in [0.1, 0.15) is 32.2 Å². The highest BCUT2D eigenvalue weighted by atomic mass is 32.1. The normalized spacial score (nSPS) is 22.4. The molecule has 1 saturated carbocycles. The molecule has 2 aromatic rings. The molecule has 0 saturated heterocycles. The lowest BCUT2D eigenvalue weighted by Gasteiger charge is -2.14. The van der Waals surface area contributed by atoms with Gasteiger partial charge in [0.15, 0.2) is 16.3 Å². The molecule has 5 heteroatoms. The molecule has 108 valence electrons. The second-order valence-electron chi connectivity index (χ2n) is 5.60. The van der Waals surface area contributed by atoms with E-state index in [2.05, 4.69) is 16.5 Å². The number of nitrogens with zero attached hydrogens (tertiary/aromatic N) is 1. The highest BCUT2D eigenvalue weighted by molar-refractivity contribution is 7.71. The van der Waals surface area contributed by atoms with Crippen LogP contribution in [0.5, 0.6) is 11.5 Å². The number of methoxy groups -OCH3 is 2. The molecule has 1 aliphatic rings. The van der Waals surface area contributed by atoms with Crippen LogP contribution in [-0.2, 0) is 0 Å². The van der Waals surface area contributed by atoms with Gasteiger partial charge in [-0.05, 0) is 37.4 Å². The fraction of sp³-hybridized carbons (Fsp3) is 0.533. The van der Waals surface area contributed by atoms with Crippen LogP contribution >= 0.6 is 12.2 Å². The first-order chi connectivity index (χ1) is 9.63. The average Bonchev–Trinajstić information content (AvgIpc) is 2.99. The van der Waals surface area contributed by atoms with Crippen LogP contribution in [0.15, 0.2) is 12.1 Å². The summed E-state index contributed by atoms with van der Waals surface area (Å²) in [5.74, 6) is 2.24. The number of benzene rings is 1. The molecule has 3 rings (SSSR count). The lowest BCUT2D eigenvalue weighted by atomic mass is 10.1. The number of hydrogen-bond acceptors (Lipinski definition) is 3. The van der Waals surface area contributed by atoms with E-state index in [1.165, 1.54) is 19.3 Å². The molecule has 20 heavy (non-hydrogen) atoms. The lowest BCUT2D eigenvalue weighted by molar-refractivity contribution is 0.355. The van der Waals surface area contributed by atoms with Crippen molar-refractivity contribution in [3.05, 3.63) is 16.9 Å². The molecule has 0 spiro atoms. The Balaban J connectivity index is 2.17. The minimum atomic E-state index is 0.490. The molecule has 1 heterocycles. The third-order valence-electron chi connectivity index (χ3n) is 4.25. The molecular weight excluding hydrogens is 272 g/mol. The molecule has 1 aromatic carbocycles. The summed E-state index contributed by atoms with van der Waals surface area (Å²) >= 11 is 5.51. The van der Waals surface area contributed by atoms with E-state index in [9.17, 15) is 0 Å². The number of nitrogens with one attached hydrogen (secondary N) is 1. The highest BCUT2D eigenvalue weighted by Crippen LogP contribution is 2.38. The summed E-state index contributed by atoms with van der Waals surface area (Å²) in [5.41, 5.74) is 2.11. The zero-order valence-electron chi connectivity index (χ0n) is 12.1. The zero-order valence-corrected chi connectivity index (χ0v) is 12.9. The van der Waals surface area contributed by atoms with Gasteiger partial charge in [0, 0.05) is 18.2 Å². The van der Waals surface area contributed by atoms with E-state index in [0.717, 1.165) is 33.2 Å². The molecule has 2 unspecified atom stereocenters. The number of ether oxygens (including phenoxy) is 2. The maximum atomic E-state index is 5.51. The Bertz CT molecular complexity index is 689. The predicted molar refractivity (Wildman–Crippen MR) is 82.3 cm³/mol. The molecule has 4 nitrogen and oxygen atoms in total. The second-order valence-corrected chi connectivity index (χ2v) is 5.98. The first-order valence-corrected chi connectivity index (χ1v) is 7.41. The van der Waals surface area contributed by atoms with Gasteiger partial charge in [-0.15, -0.1) is 0 Å². The SMILES string of the molecule is COc1cc2[nH]c(=S)n(C3CCC(C)C3)c2cc1OC. The van der Waals surface area contributed by atoms with Gasteiger partial charge in [-0.25, -0.2) is 0 Å². The van der Waals surface area contributed by atoms with Gasteiger partial charge in [-0.1, -0.05) is 6.92 Å². The molecule has 1 aromatic heterocycles. The van der Waals surface area contributed by atoms with E-state index in [0.29, 0.717) is 6.04 Å². The quantitative estimate of drug-likeness (QED) is 0.866. The third kappa shape index (κ3) is 2.10. The Kier molecular flexibility index (Phi) is 3.46. The molecule has 0 bridgehead atoms. The standard InChI is InChI=1S/C15H20N2O2S/c1-9-4-5-10(6-9)17-12-8-14(19-3)13(18-2)7-11(12)16-15(17)20/h7-10H,4-6H2,1-3H3,(H,16,20). The number of rotatable bonds is 3. The molecule has 1 N–H and O–H groups in total. The van der Waals surface area contributed by atoms with Crippen LogP contribution in [0.3, 0.4) is 0 Å². The fourth-order valence-corrected chi connectivity index (χ4v) is 3.58. The maximum Gasteiger partial charge on any atom is 0.178 e. The summed E-state index contributed by atoms with van der Waals surface area (Å²) in [6.45, 7) is 2.31. The number of hydrogen-bond donors (Lipinski definition) is 1. The molecule has 2 atom stereocenters. The van der Waals surface area contributed by atoms with Crippen molar-refractivity contribution in [1.82, 2.24) is 9.55 Å². The largest absolute Gasteiger partial charge is 0.493 e. The summed E-state index contributed by atoms with van der Waals surface area (Å²) in [6.07, 6.45) is 3.65. The smallest absolute Gasteiger partial charge is 0.178 e. The summed E-state index contributed by atoms with van der Waals surface area (Å²) in [6, 6.07) is 4.46. The molecule has 1 fully saturated rings. The summed E-state index contributed by atoms with van der Waals surface area (Å²) in [5, 5.41) is 0. The van der Waals surface area contributed by atoms with Crippen molar-refractivity contribution < 1.29 is 9.47 Å². The zero-order chi connectivity index (χ0) is 14.3. The van der Waals surface area contributed by atoms with Crippen LogP contribution in [-0.4, -0.2) is 23.8 Å². The first kappa shape index (κ1) is 13.5. The minimum Gasteiger partial charge on any atom is -0.493 e. The Morgan fingerprint density at radius 1 is 1.20 bits per heavy atom. The summed E-state index contributed by atoms with van der Waals surface area (Å²) < 4.78 is 13.8. The van der Waals surface area contributed by atoms with Gasteiger partial charge >= 0.3 is 0 Å². The van der Waals surface area contributed by atoms with Gasteiger partial charge in [0.25, 0.3) is 0 Å². The minimum absolute atomic E-state index is 0.490. The van der Waals surface area contributed by atoms with Crippen molar-refractivity contribution in [1.29, 1.82) is 0 Å². The van der Waals surface area contributed by atoms with E-state index in [-0.39, 0.29) is 0 Å². The monoisotopic (exact) mass is 292 g/mol. The van der Waals surface area contributed by atoms with Gasteiger partial charge < -0.3 is 19.0 Å². The van der Waals surface area contributed by atoms with Gasteiger partial charge in [0.2, 0.25) is 0 Å². The van der Waals surface area contributed by atoms with E-state index in [1.807, 2.05) is 12.1 Å². The Morgan fingerprint density at radius 3 is 2.50 bits per heavy atom. The van der Waals surface area contributed by atoms with Gasteiger partial charge in [0.1, 0.15) is 0 Å². The number of aromatic nitrogens is 2. The van der Waals surface area contributed by atoms with Crippen LogP contribution < -0.4 is 9.47 Å². The summed E-state index contributed by atoms with van der Waals surface area (Å²) in [7, 11) is 3.31. The van der Waals surface area contributed by atoms with Crippen LogP contribution in [0.4, 0.5) is 0 Å². The second kappa shape index (κ2) is 5.13. The third-order valence-corrected chi connectivity index (χ3v) is 4.55. The predicted octanol–water partition coefficient (Wildman–Crippen LogP) is 4.08. The number of H-pyrrole nitrogens is 1.